The molecular weight excluding hydrogens is 461 g/mol. The van der Waals surface area contributed by atoms with Crippen molar-refractivity contribution in [3.8, 4) is 11.3 Å². The normalized spacial score (nSPS) is 14.0. The molecule has 0 unspecified atom stereocenters. The molecule has 0 saturated carbocycles. The molecule has 1 fully saturated rings. The number of hydrogen-bond donors (Lipinski definition) is 1. The zero-order valence-corrected chi connectivity index (χ0v) is 20.0. The average molecular weight is 486 g/mol. The van der Waals surface area contributed by atoms with Crippen molar-refractivity contribution in [2.24, 2.45) is 5.92 Å². The number of rotatable bonds is 5. The highest BCUT2D eigenvalue weighted by atomic mass is 35.5. The third kappa shape index (κ3) is 5.34. The lowest BCUT2D eigenvalue weighted by Gasteiger charge is -2.37. The topological polar surface area (TPSA) is 65.8 Å². The van der Waals surface area contributed by atoms with Crippen LogP contribution >= 0.6 is 23.2 Å². The highest BCUT2D eigenvalue weighted by Crippen LogP contribution is 2.30. The van der Waals surface area contributed by atoms with Crippen LogP contribution in [0.25, 0.3) is 11.3 Å². The van der Waals surface area contributed by atoms with Crippen molar-refractivity contribution >= 4 is 46.4 Å². The van der Waals surface area contributed by atoms with E-state index in [4.69, 9.17) is 27.6 Å². The molecule has 0 atom stereocenters. The lowest BCUT2D eigenvalue weighted by atomic mass is 10.1. The molecule has 1 aliphatic rings. The first kappa shape index (κ1) is 23.2. The van der Waals surface area contributed by atoms with Gasteiger partial charge in [-0.25, -0.2) is 0 Å². The minimum atomic E-state index is -0.368. The molecule has 172 valence electrons. The smallest absolute Gasteiger partial charge is 0.291 e. The van der Waals surface area contributed by atoms with E-state index in [-0.39, 0.29) is 23.5 Å². The van der Waals surface area contributed by atoms with Gasteiger partial charge < -0.3 is 19.5 Å². The van der Waals surface area contributed by atoms with Crippen LogP contribution in [0, 0.1) is 5.92 Å². The lowest BCUT2D eigenvalue weighted by Crippen LogP contribution is -2.50. The van der Waals surface area contributed by atoms with E-state index < -0.39 is 0 Å². The van der Waals surface area contributed by atoms with Crippen LogP contribution in [-0.2, 0) is 4.79 Å². The molecule has 1 aromatic heterocycles. The molecule has 0 aliphatic carbocycles. The predicted octanol–water partition coefficient (Wildman–Crippen LogP) is 5.81. The molecule has 0 spiro atoms. The summed E-state index contributed by atoms with van der Waals surface area (Å²) in [5.41, 5.74) is 2.25. The molecule has 0 radical (unpaired) electrons. The second-order valence-electron chi connectivity index (χ2n) is 8.26. The minimum Gasteiger partial charge on any atom is -0.451 e. The van der Waals surface area contributed by atoms with E-state index in [1.807, 2.05) is 43.0 Å². The summed E-state index contributed by atoms with van der Waals surface area (Å²) >= 11 is 12.6. The van der Waals surface area contributed by atoms with Gasteiger partial charge in [-0.05, 0) is 42.5 Å². The molecule has 2 amide bonds. The van der Waals surface area contributed by atoms with E-state index in [1.165, 1.54) is 0 Å². The number of hydrogen-bond acceptors (Lipinski definition) is 4. The van der Waals surface area contributed by atoms with Gasteiger partial charge in [0, 0.05) is 48.4 Å². The average Bonchev–Trinajstić information content (AvgIpc) is 3.29. The lowest BCUT2D eigenvalue weighted by molar-refractivity contribution is -0.134. The third-order valence-corrected chi connectivity index (χ3v) is 6.11. The molecule has 0 bridgehead atoms. The van der Waals surface area contributed by atoms with Gasteiger partial charge in [-0.2, -0.15) is 0 Å². The van der Waals surface area contributed by atoms with Crippen LogP contribution in [-0.4, -0.2) is 42.9 Å². The van der Waals surface area contributed by atoms with Crippen molar-refractivity contribution < 1.29 is 14.0 Å². The Hall–Kier alpha value is -2.96. The third-order valence-electron chi connectivity index (χ3n) is 5.57. The fourth-order valence-electron chi connectivity index (χ4n) is 3.82. The number of anilines is 2. The van der Waals surface area contributed by atoms with E-state index in [0.717, 1.165) is 11.3 Å². The molecule has 6 nitrogen and oxygen atoms in total. The van der Waals surface area contributed by atoms with Gasteiger partial charge in [0.1, 0.15) is 5.76 Å². The summed E-state index contributed by atoms with van der Waals surface area (Å²) in [6.07, 6.45) is 0. The maximum atomic E-state index is 12.7. The van der Waals surface area contributed by atoms with Gasteiger partial charge in [-0.15, -0.1) is 0 Å². The summed E-state index contributed by atoms with van der Waals surface area (Å²) in [6, 6.07) is 16.0. The van der Waals surface area contributed by atoms with Crippen molar-refractivity contribution in [2.45, 2.75) is 13.8 Å². The van der Waals surface area contributed by atoms with Crippen LogP contribution in [0.2, 0.25) is 10.0 Å². The maximum absolute atomic E-state index is 12.7. The van der Waals surface area contributed by atoms with Crippen LogP contribution in [0.4, 0.5) is 11.4 Å². The van der Waals surface area contributed by atoms with E-state index in [2.05, 4.69) is 10.2 Å². The fraction of sp³-hybridized carbons (Fsp3) is 0.280. The van der Waals surface area contributed by atoms with Gasteiger partial charge in [0.05, 0.1) is 10.7 Å². The van der Waals surface area contributed by atoms with Crippen LogP contribution in [0.1, 0.15) is 24.4 Å². The maximum Gasteiger partial charge on any atom is 0.291 e. The molecule has 3 aromatic rings. The first-order chi connectivity index (χ1) is 15.8. The summed E-state index contributed by atoms with van der Waals surface area (Å²) in [7, 11) is 0. The zero-order chi connectivity index (χ0) is 23.5. The van der Waals surface area contributed by atoms with Crippen LogP contribution in [0.15, 0.2) is 59.0 Å². The van der Waals surface area contributed by atoms with Gasteiger partial charge >= 0.3 is 0 Å². The first-order valence-electron chi connectivity index (χ1n) is 10.8. The molecule has 2 heterocycles. The van der Waals surface area contributed by atoms with Crippen molar-refractivity contribution in [3.05, 3.63) is 70.4 Å². The number of halogens is 2. The second-order valence-corrected chi connectivity index (χ2v) is 9.11. The molecular formula is C25H25Cl2N3O3. The Morgan fingerprint density at radius 3 is 2.39 bits per heavy atom. The van der Waals surface area contributed by atoms with Gasteiger partial charge in [-0.3, -0.25) is 9.59 Å². The van der Waals surface area contributed by atoms with Gasteiger partial charge in [0.25, 0.3) is 5.91 Å². The molecule has 33 heavy (non-hydrogen) atoms. The Kier molecular flexibility index (Phi) is 6.96. The quantitative estimate of drug-likeness (QED) is 0.494. The number of piperazine rings is 1. The SMILES string of the molecule is CC(C)C(=O)N1CCN(c2ccc(NC(=O)c3ccc(-c4cccc(Cl)c4)o3)cc2Cl)CC1. The number of benzene rings is 2. The van der Waals surface area contributed by atoms with Crippen molar-refractivity contribution in [1.29, 1.82) is 0 Å². The van der Waals surface area contributed by atoms with Crippen LogP contribution < -0.4 is 10.2 Å². The van der Waals surface area contributed by atoms with Gasteiger partial charge in [0.2, 0.25) is 5.91 Å². The van der Waals surface area contributed by atoms with Crippen molar-refractivity contribution in [1.82, 2.24) is 4.90 Å². The Bertz CT molecular complexity index is 1170. The highest BCUT2D eigenvalue weighted by Gasteiger charge is 2.24. The largest absolute Gasteiger partial charge is 0.451 e. The molecule has 4 rings (SSSR count). The van der Waals surface area contributed by atoms with Gasteiger partial charge in [0.15, 0.2) is 5.76 Å². The Morgan fingerprint density at radius 2 is 1.73 bits per heavy atom. The van der Waals surface area contributed by atoms with E-state index >= 15 is 0 Å². The Balaban J connectivity index is 1.40. The van der Waals surface area contributed by atoms with Gasteiger partial charge in [-0.1, -0.05) is 49.2 Å². The Morgan fingerprint density at radius 1 is 0.970 bits per heavy atom. The predicted molar refractivity (Wildman–Crippen MR) is 132 cm³/mol. The molecule has 1 aliphatic heterocycles. The Labute approximate surface area is 203 Å². The number of carbonyl (C=O) groups excluding carboxylic acids is 2. The van der Waals surface area contributed by atoms with Crippen molar-refractivity contribution in [3.63, 3.8) is 0 Å². The summed E-state index contributed by atoms with van der Waals surface area (Å²) in [5, 5.41) is 3.96. The molecule has 2 aromatic carbocycles. The molecule has 1 saturated heterocycles. The van der Waals surface area contributed by atoms with E-state index in [0.29, 0.717) is 47.7 Å². The number of furan rings is 1. The summed E-state index contributed by atoms with van der Waals surface area (Å²) in [6.45, 7) is 6.59. The standard InChI is InChI=1S/C25H25Cl2N3O3/c1-16(2)25(32)30-12-10-29(11-13-30)21-7-6-19(15-20(21)27)28-24(31)23-9-8-22(33-23)17-4-3-5-18(26)14-17/h3-9,14-16H,10-13H2,1-2H3,(H,28,31). The minimum absolute atomic E-state index is 0.00114. The summed E-state index contributed by atoms with van der Waals surface area (Å²) in [4.78, 5) is 28.9. The zero-order valence-electron chi connectivity index (χ0n) is 18.5. The highest BCUT2D eigenvalue weighted by molar-refractivity contribution is 6.33. The molecule has 1 N–H and O–H groups in total. The number of nitrogens with one attached hydrogen (secondary N) is 1. The fourth-order valence-corrected chi connectivity index (χ4v) is 4.31. The van der Waals surface area contributed by atoms with E-state index in [9.17, 15) is 9.59 Å². The van der Waals surface area contributed by atoms with Crippen molar-refractivity contribution in [2.75, 3.05) is 36.4 Å². The second kappa shape index (κ2) is 9.89. The van der Waals surface area contributed by atoms with E-state index in [1.54, 1.807) is 30.3 Å². The van der Waals surface area contributed by atoms with Crippen LogP contribution in [0.5, 0.6) is 0 Å². The first-order valence-corrected chi connectivity index (χ1v) is 11.6. The summed E-state index contributed by atoms with van der Waals surface area (Å²) < 4.78 is 5.71. The monoisotopic (exact) mass is 485 g/mol. The summed E-state index contributed by atoms with van der Waals surface area (Å²) in [5.74, 6) is 0.559. The number of amides is 2. The number of nitrogens with zero attached hydrogens (tertiary/aromatic N) is 2. The molecule has 8 heteroatoms. The number of carbonyl (C=O) groups is 2. The van der Waals surface area contributed by atoms with Crippen LogP contribution in [0.3, 0.4) is 0 Å².